The fourth-order valence-electron chi connectivity index (χ4n) is 0.821. The number of terminal acetylenes is 1. The van der Waals surface area contributed by atoms with E-state index in [-0.39, 0.29) is 0 Å². The van der Waals surface area contributed by atoms with Crippen LogP contribution in [0.2, 0.25) is 0 Å². The summed E-state index contributed by atoms with van der Waals surface area (Å²) >= 11 is 1.63. The van der Waals surface area contributed by atoms with E-state index >= 15 is 0 Å². The lowest BCUT2D eigenvalue weighted by atomic mass is 10.3. The Morgan fingerprint density at radius 2 is 2.58 bits per heavy atom. The molecule has 12 heavy (non-hydrogen) atoms. The second kappa shape index (κ2) is 4.78. The standard InChI is InChI=1S/C9H12N2S/c1-3-4-5-6-10-9-11-8(2)7-12-9/h1,7H,4-6H2,2H3,(H,10,11). The number of thiazole rings is 1. The average molecular weight is 180 g/mol. The molecule has 0 fully saturated rings. The van der Waals surface area contributed by atoms with Crippen molar-refractivity contribution >= 4 is 16.5 Å². The Bertz CT molecular complexity index is 272. The topological polar surface area (TPSA) is 24.9 Å². The van der Waals surface area contributed by atoms with Crippen molar-refractivity contribution in [2.24, 2.45) is 0 Å². The summed E-state index contributed by atoms with van der Waals surface area (Å²) in [5.41, 5.74) is 1.07. The number of unbranched alkanes of at least 4 members (excludes halogenated alkanes) is 1. The minimum atomic E-state index is 0.831. The zero-order valence-corrected chi connectivity index (χ0v) is 7.95. The molecule has 3 heteroatoms. The van der Waals surface area contributed by atoms with Crippen molar-refractivity contribution < 1.29 is 0 Å². The van der Waals surface area contributed by atoms with E-state index in [9.17, 15) is 0 Å². The lowest BCUT2D eigenvalue weighted by Crippen LogP contribution is -2.00. The second-order valence-electron chi connectivity index (χ2n) is 2.53. The minimum Gasteiger partial charge on any atom is -0.361 e. The van der Waals surface area contributed by atoms with Gasteiger partial charge in [-0.2, -0.15) is 0 Å². The van der Waals surface area contributed by atoms with Crippen LogP contribution in [0.15, 0.2) is 5.38 Å². The predicted octanol–water partition coefficient (Wildman–Crippen LogP) is 2.28. The van der Waals surface area contributed by atoms with E-state index in [1.165, 1.54) is 0 Å². The number of anilines is 1. The highest BCUT2D eigenvalue weighted by molar-refractivity contribution is 7.13. The normalized spacial score (nSPS) is 9.33. The van der Waals surface area contributed by atoms with Crippen molar-refractivity contribution in [2.75, 3.05) is 11.9 Å². The van der Waals surface area contributed by atoms with Gasteiger partial charge in [0, 0.05) is 18.3 Å². The molecule has 0 amide bonds. The molecule has 1 aromatic heterocycles. The third-order valence-electron chi connectivity index (χ3n) is 1.39. The van der Waals surface area contributed by atoms with Crippen LogP contribution in [0.25, 0.3) is 0 Å². The van der Waals surface area contributed by atoms with Crippen molar-refractivity contribution in [1.82, 2.24) is 4.98 Å². The average Bonchev–Trinajstić information content (AvgIpc) is 2.45. The SMILES string of the molecule is C#CCCCNc1nc(C)cs1. The summed E-state index contributed by atoms with van der Waals surface area (Å²) < 4.78 is 0. The van der Waals surface area contributed by atoms with Crippen molar-refractivity contribution in [2.45, 2.75) is 19.8 Å². The van der Waals surface area contributed by atoms with Gasteiger partial charge in [-0.05, 0) is 13.3 Å². The van der Waals surface area contributed by atoms with Crippen LogP contribution in [0.3, 0.4) is 0 Å². The van der Waals surface area contributed by atoms with Gasteiger partial charge in [-0.25, -0.2) is 4.98 Å². The molecule has 1 N–H and O–H groups in total. The van der Waals surface area contributed by atoms with Crippen LogP contribution in [-0.2, 0) is 0 Å². The molecular formula is C9H12N2S. The molecule has 0 aromatic carbocycles. The monoisotopic (exact) mass is 180 g/mol. The maximum Gasteiger partial charge on any atom is 0.182 e. The Labute approximate surface area is 77.0 Å². The molecule has 0 bridgehead atoms. The van der Waals surface area contributed by atoms with Gasteiger partial charge in [0.2, 0.25) is 0 Å². The minimum absolute atomic E-state index is 0.831. The summed E-state index contributed by atoms with van der Waals surface area (Å²) in [6, 6.07) is 0. The molecule has 0 atom stereocenters. The van der Waals surface area contributed by atoms with E-state index in [4.69, 9.17) is 6.42 Å². The zero-order chi connectivity index (χ0) is 8.81. The molecule has 0 unspecified atom stereocenters. The maximum absolute atomic E-state index is 5.12. The van der Waals surface area contributed by atoms with E-state index in [1.807, 2.05) is 12.3 Å². The molecule has 1 heterocycles. The van der Waals surface area contributed by atoms with Crippen molar-refractivity contribution in [3.8, 4) is 12.3 Å². The van der Waals surface area contributed by atoms with Gasteiger partial charge < -0.3 is 5.32 Å². The van der Waals surface area contributed by atoms with Crippen LogP contribution in [0.4, 0.5) is 5.13 Å². The van der Waals surface area contributed by atoms with E-state index in [1.54, 1.807) is 11.3 Å². The van der Waals surface area contributed by atoms with Crippen LogP contribution >= 0.6 is 11.3 Å². The highest BCUT2D eigenvalue weighted by atomic mass is 32.1. The molecule has 0 saturated carbocycles. The van der Waals surface area contributed by atoms with E-state index in [2.05, 4.69) is 16.2 Å². The van der Waals surface area contributed by atoms with Gasteiger partial charge in [-0.15, -0.1) is 23.7 Å². The molecule has 0 saturated heterocycles. The van der Waals surface area contributed by atoms with Gasteiger partial charge in [0.1, 0.15) is 0 Å². The number of hydrogen-bond acceptors (Lipinski definition) is 3. The molecule has 1 rings (SSSR count). The molecular weight excluding hydrogens is 168 g/mol. The third-order valence-corrected chi connectivity index (χ3v) is 2.31. The van der Waals surface area contributed by atoms with Crippen molar-refractivity contribution in [3.63, 3.8) is 0 Å². The fraction of sp³-hybridized carbons (Fsp3) is 0.444. The zero-order valence-electron chi connectivity index (χ0n) is 7.13. The number of aromatic nitrogens is 1. The Hall–Kier alpha value is -1.01. The highest BCUT2D eigenvalue weighted by Gasteiger charge is 1.95. The summed E-state index contributed by atoms with van der Waals surface area (Å²) in [6.07, 6.45) is 6.96. The first-order valence-electron chi connectivity index (χ1n) is 3.92. The number of hydrogen-bond donors (Lipinski definition) is 1. The third kappa shape index (κ3) is 2.93. The van der Waals surface area contributed by atoms with Crippen molar-refractivity contribution in [3.05, 3.63) is 11.1 Å². The van der Waals surface area contributed by atoms with E-state index in [0.717, 1.165) is 30.2 Å². The van der Waals surface area contributed by atoms with Gasteiger partial charge >= 0.3 is 0 Å². The van der Waals surface area contributed by atoms with Gasteiger partial charge in [0.05, 0.1) is 5.69 Å². The number of rotatable bonds is 4. The Morgan fingerprint density at radius 1 is 1.75 bits per heavy atom. The number of aryl methyl sites for hydroxylation is 1. The lowest BCUT2D eigenvalue weighted by molar-refractivity contribution is 0.904. The Morgan fingerprint density at radius 3 is 3.17 bits per heavy atom. The van der Waals surface area contributed by atoms with Crippen molar-refractivity contribution in [1.29, 1.82) is 0 Å². The van der Waals surface area contributed by atoms with Crippen LogP contribution in [0, 0.1) is 19.3 Å². The summed E-state index contributed by atoms with van der Waals surface area (Å²) in [7, 11) is 0. The molecule has 1 aromatic rings. The number of nitrogens with zero attached hydrogens (tertiary/aromatic N) is 1. The smallest absolute Gasteiger partial charge is 0.182 e. The lowest BCUT2D eigenvalue weighted by Gasteiger charge is -1.98. The molecule has 0 aliphatic rings. The van der Waals surface area contributed by atoms with Gasteiger partial charge in [-0.1, -0.05) is 0 Å². The molecule has 2 nitrogen and oxygen atoms in total. The van der Waals surface area contributed by atoms with Gasteiger partial charge in [0.15, 0.2) is 5.13 Å². The first-order chi connectivity index (χ1) is 5.83. The van der Waals surface area contributed by atoms with Crippen LogP contribution in [0.1, 0.15) is 18.5 Å². The van der Waals surface area contributed by atoms with E-state index in [0.29, 0.717) is 0 Å². The summed E-state index contributed by atoms with van der Waals surface area (Å²) in [6.45, 7) is 2.90. The van der Waals surface area contributed by atoms with Gasteiger partial charge in [0.25, 0.3) is 0 Å². The predicted molar refractivity (Wildman–Crippen MR) is 53.4 cm³/mol. The Balaban J connectivity index is 2.21. The molecule has 0 aliphatic carbocycles. The van der Waals surface area contributed by atoms with E-state index < -0.39 is 0 Å². The molecule has 0 radical (unpaired) electrons. The summed E-state index contributed by atoms with van der Waals surface area (Å²) in [5.74, 6) is 2.60. The maximum atomic E-state index is 5.12. The second-order valence-corrected chi connectivity index (χ2v) is 3.39. The van der Waals surface area contributed by atoms with Crippen LogP contribution in [-0.4, -0.2) is 11.5 Å². The quantitative estimate of drug-likeness (QED) is 0.568. The largest absolute Gasteiger partial charge is 0.361 e. The van der Waals surface area contributed by atoms with Gasteiger partial charge in [-0.3, -0.25) is 0 Å². The molecule has 0 spiro atoms. The fourth-order valence-corrected chi connectivity index (χ4v) is 1.54. The number of nitrogens with one attached hydrogen (secondary N) is 1. The summed E-state index contributed by atoms with van der Waals surface area (Å²) in [4.78, 5) is 4.26. The molecule has 0 aliphatic heterocycles. The first kappa shape index (κ1) is 9.08. The highest BCUT2D eigenvalue weighted by Crippen LogP contribution is 2.13. The van der Waals surface area contributed by atoms with Crippen LogP contribution in [0.5, 0.6) is 0 Å². The van der Waals surface area contributed by atoms with Crippen LogP contribution < -0.4 is 5.32 Å². The summed E-state index contributed by atoms with van der Waals surface area (Å²) in [5, 5.41) is 6.23. The molecule has 64 valence electrons. The first-order valence-corrected chi connectivity index (χ1v) is 4.80. The Kier molecular flexibility index (Phi) is 3.62.